The van der Waals surface area contributed by atoms with Crippen molar-refractivity contribution >= 4 is 22.6 Å². The molecule has 0 atom stereocenters. The highest BCUT2D eigenvalue weighted by Gasteiger charge is 2.01. The first-order chi connectivity index (χ1) is 6.79. The molecule has 0 saturated heterocycles. The van der Waals surface area contributed by atoms with Gasteiger partial charge in [-0.25, -0.2) is 4.98 Å². The molecule has 4 heteroatoms. The Balaban J connectivity index is 2.32. The number of nitrogens with one attached hydrogen (secondary N) is 2. The molecule has 0 bridgehead atoms. The lowest BCUT2D eigenvalue weighted by Crippen LogP contribution is -2.12. The lowest BCUT2D eigenvalue weighted by Gasteiger charge is -1.94. The van der Waals surface area contributed by atoms with Crippen molar-refractivity contribution in [1.29, 1.82) is 0 Å². The number of H-pyrrole nitrogens is 1. The van der Waals surface area contributed by atoms with Gasteiger partial charge in [0, 0.05) is 5.02 Å². The highest BCUT2D eigenvalue weighted by Crippen LogP contribution is 2.16. The summed E-state index contributed by atoms with van der Waals surface area (Å²) in [6.45, 7) is 3.78. The number of nitrogens with zero attached hydrogens (tertiary/aromatic N) is 1. The van der Waals surface area contributed by atoms with Crippen LogP contribution in [0.1, 0.15) is 12.7 Å². The molecule has 1 aromatic heterocycles. The fraction of sp³-hybridized carbons (Fsp3) is 0.300. The maximum absolute atomic E-state index is 5.87. The van der Waals surface area contributed by atoms with Gasteiger partial charge in [-0.1, -0.05) is 18.5 Å². The number of imidazole rings is 1. The fourth-order valence-electron chi connectivity index (χ4n) is 1.36. The third-order valence-corrected chi connectivity index (χ3v) is 2.27. The summed E-state index contributed by atoms with van der Waals surface area (Å²) in [6.07, 6.45) is 0. The molecule has 3 nitrogen and oxygen atoms in total. The first kappa shape index (κ1) is 9.49. The van der Waals surface area contributed by atoms with Crippen LogP contribution in [0, 0.1) is 0 Å². The van der Waals surface area contributed by atoms with Gasteiger partial charge in [-0.3, -0.25) is 0 Å². The van der Waals surface area contributed by atoms with Crippen molar-refractivity contribution in [2.75, 3.05) is 6.54 Å². The van der Waals surface area contributed by atoms with E-state index in [1.54, 1.807) is 0 Å². The molecule has 1 aromatic carbocycles. The number of hydrogen-bond donors (Lipinski definition) is 2. The van der Waals surface area contributed by atoms with Crippen LogP contribution in [0.3, 0.4) is 0 Å². The highest BCUT2D eigenvalue weighted by atomic mass is 35.5. The molecule has 0 amide bonds. The number of fused-ring (bicyclic) bond motifs is 1. The van der Waals surface area contributed by atoms with E-state index in [0.29, 0.717) is 0 Å². The largest absolute Gasteiger partial charge is 0.341 e. The Morgan fingerprint density at radius 3 is 3.14 bits per heavy atom. The third kappa shape index (κ3) is 1.89. The lowest BCUT2D eigenvalue weighted by atomic mass is 10.3. The molecule has 0 aliphatic carbocycles. The van der Waals surface area contributed by atoms with Crippen molar-refractivity contribution in [2.24, 2.45) is 0 Å². The predicted molar refractivity (Wildman–Crippen MR) is 58.5 cm³/mol. The second kappa shape index (κ2) is 3.98. The van der Waals surface area contributed by atoms with E-state index < -0.39 is 0 Å². The predicted octanol–water partition coefficient (Wildman–Crippen LogP) is 2.33. The van der Waals surface area contributed by atoms with Gasteiger partial charge in [0.15, 0.2) is 0 Å². The summed E-state index contributed by atoms with van der Waals surface area (Å²) in [4.78, 5) is 7.63. The monoisotopic (exact) mass is 209 g/mol. The Morgan fingerprint density at radius 2 is 2.36 bits per heavy atom. The first-order valence-electron chi connectivity index (χ1n) is 4.64. The van der Waals surface area contributed by atoms with Gasteiger partial charge in [-0.05, 0) is 24.7 Å². The van der Waals surface area contributed by atoms with Crippen molar-refractivity contribution in [3.05, 3.63) is 29.0 Å². The normalized spacial score (nSPS) is 11.0. The average Bonchev–Trinajstić information content (AvgIpc) is 2.56. The second-order valence-corrected chi connectivity index (χ2v) is 3.56. The molecule has 14 heavy (non-hydrogen) atoms. The topological polar surface area (TPSA) is 40.7 Å². The number of aromatic amines is 1. The SMILES string of the molecule is CCNCc1nc2ccc(Cl)cc2[nH]1. The molecule has 0 aliphatic rings. The van der Waals surface area contributed by atoms with Gasteiger partial charge in [-0.15, -0.1) is 0 Å². The van der Waals surface area contributed by atoms with E-state index in [1.807, 2.05) is 18.2 Å². The Bertz CT molecular complexity index is 436. The van der Waals surface area contributed by atoms with Crippen LogP contribution >= 0.6 is 11.6 Å². The maximum atomic E-state index is 5.87. The van der Waals surface area contributed by atoms with Crippen molar-refractivity contribution in [1.82, 2.24) is 15.3 Å². The van der Waals surface area contributed by atoms with Crippen molar-refractivity contribution in [3.63, 3.8) is 0 Å². The number of halogens is 1. The smallest absolute Gasteiger partial charge is 0.121 e. The molecular formula is C10H12ClN3. The molecular weight excluding hydrogens is 198 g/mol. The van der Waals surface area contributed by atoms with Crippen LogP contribution in [0.2, 0.25) is 5.02 Å². The zero-order valence-corrected chi connectivity index (χ0v) is 8.73. The zero-order chi connectivity index (χ0) is 9.97. The molecule has 74 valence electrons. The minimum absolute atomic E-state index is 0.733. The highest BCUT2D eigenvalue weighted by molar-refractivity contribution is 6.31. The molecule has 0 radical (unpaired) electrons. The third-order valence-electron chi connectivity index (χ3n) is 2.04. The van der Waals surface area contributed by atoms with E-state index in [0.717, 1.165) is 35.0 Å². The van der Waals surface area contributed by atoms with Gasteiger partial charge < -0.3 is 10.3 Å². The molecule has 2 aromatic rings. The van der Waals surface area contributed by atoms with Crippen LogP contribution in [0.5, 0.6) is 0 Å². The summed E-state index contributed by atoms with van der Waals surface area (Å²) < 4.78 is 0. The van der Waals surface area contributed by atoms with Gasteiger partial charge >= 0.3 is 0 Å². The molecule has 2 rings (SSSR count). The quantitative estimate of drug-likeness (QED) is 0.815. The Hall–Kier alpha value is -1.06. The Kier molecular flexibility index (Phi) is 2.70. The molecule has 0 spiro atoms. The van der Waals surface area contributed by atoms with Gasteiger partial charge in [0.05, 0.1) is 17.6 Å². The molecule has 0 saturated carbocycles. The Labute approximate surface area is 87.5 Å². The zero-order valence-electron chi connectivity index (χ0n) is 7.97. The summed E-state index contributed by atoms with van der Waals surface area (Å²) in [5.41, 5.74) is 1.95. The summed E-state index contributed by atoms with van der Waals surface area (Å²) in [6, 6.07) is 5.66. The lowest BCUT2D eigenvalue weighted by molar-refractivity contribution is 0.700. The van der Waals surface area contributed by atoms with Crippen LogP contribution in [0.15, 0.2) is 18.2 Å². The van der Waals surface area contributed by atoms with E-state index in [1.165, 1.54) is 0 Å². The summed E-state index contributed by atoms with van der Waals surface area (Å²) in [7, 11) is 0. The van der Waals surface area contributed by atoms with Crippen LogP contribution in [0.4, 0.5) is 0 Å². The second-order valence-electron chi connectivity index (χ2n) is 3.13. The van der Waals surface area contributed by atoms with E-state index in [9.17, 15) is 0 Å². The first-order valence-corrected chi connectivity index (χ1v) is 5.02. The maximum Gasteiger partial charge on any atom is 0.121 e. The summed E-state index contributed by atoms with van der Waals surface area (Å²) in [5.74, 6) is 0.948. The fourth-order valence-corrected chi connectivity index (χ4v) is 1.53. The van der Waals surface area contributed by atoms with E-state index in [2.05, 4.69) is 22.2 Å². The minimum atomic E-state index is 0.733. The number of rotatable bonds is 3. The van der Waals surface area contributed by atoms with E-state index >= 15 is 0 Å². The van der Waals surface area contributed by atoms with Gasteiger partial charge in [0.25, 0.3) is 0 Å². The van der Waals surface area contributed by atoms with Crippen molar-refractivity contribution in [3.8, 4) is 0 Å². The van der Waals surface area contributed by atoms with Crippen molar-refractivity contribution in [2.45, 2.75) is 13.5 Å². The van der Waals surface area contributed by atoms with Gasteiger partial charge in [-0.2, -0.15) is 0 Å². The number of hydrogen-bond acceptors (Lipinski definition) is 2. The molecule has 0 unspecified atom stereocenters. The molecule has 0 aliphatic heterocycles. The Morgan fingerprint density at radius 1 is 1.50 bits per heavy atom. The van der Waals surface area contributed by atoms with E-state index in [-0.39, 0.29) is 0 Å². The summed E-state index contributed by atoms with van der Waals surface area (Å²) in [5, 5.41) is 3.95. The van der Waals surface area contributed by atoms with Gasteiger partial charge in [0.1, 0.15) is 5.82 Å². The van der Waals surface area contributed by atoms with E-state index in [4.69, 9.17) is 11.6 Å². The van der Waals surface area contributed by atoms with Crippen LogP contribution < -0.4 is 5.32 Å². The minimum Gasteiger partial charge on any atom is -0.341 e. The molecule has 2 N–H and O–H groups in total. The van der Waals surface area contributed by atoms with Gasteiger partial charge in [0.2, 0.25) is 0 Å². The molecule has 1 heterocycles. The van der Waals surface area contributed by atoms with Crippen LogP contribution in [-0.2, 0) is 6.54 Å². The number of benzene rings is 1. The van der Waals surface area contributed by atoms with Crippen LogP contribution in [-0.4, -0.2) is 16.5 Å². The number of aromatic nitrogens is 2. The summed E-state index contributed by atoms with van der Waals surface area (Å²) >= 11 is 5.87. The average molecular weight is 210 g/mol. The van der Waals surface area contributed by atoms with Crippen LogP contribution in [0.25, 0.3) is 11.0 Å². The molecule has 0 fully saturated rings. The standard InChI is InChI=1S/C10H12ClN3/c1-2-12-6-10-13-8-4-3-7(11)5-9(8)14-10/h3-5,12H,2,6H2,1H3,(H,13,14). The van der Waals surface area contributed by atoms with Crippen molar-refractivity contribution < 1.29 is 0 Å².